The van der Waals surface area contributed by atoms with Gasteiger partial charge in [-0.2, -0.15) is 4.31 Å². The molecular weight excluding hydrogens is 382 g/mol. The van der Waals surface area contributed by atoms with Crippen molar-refractivity contribution in [1.82, 2.24) is 24.5 Å². The lowest BCUT2D eigenvalue weighted by Gasteiger charge is -2.25. The highest BCUT2D eigenvalue weighted by atomic mass is 32.2. The van der Waals surface area contributed by atoms with Crippen molar-refractivity contribution in [3.8, 4) is 0 Å². The van der Waals surface area contributed by atoms with Gasteiger partial charge >= 0.3 is 5.97 Å². The molecule has 1 aromatic heterocycles. The maximum absolute atomic E-state index is 12.7. The van der Waals surface area contributed by atoms with Crippen molar-refractivity contribution in [1.29, 1.82) is 0 Å². The second-order valence-electron chi connectivity index (χ2n) is 6.74. The average Bonchev–Trinajstić information content (AvgIpc) is 3.18. The first-order valence-electron chi connectivity index (χ1n) is 9.54. The second kappa shape index (κ2) is 9.24. The summed E-state index contributed by atoms with van der Waals surface area (Å²) in [6.07, 6.45) is 4.74. The summed E-state index contributed by atoms with van der Waals surface area (Å²) in [6, 6.07) is 5.84. The summed E-state index contributed by atoms with van der Waals surface area (Å²) in [7, 11) is -3.52. The van der Waals surface area contributed by atoms with Crippen molar-refractivity contribution in [2.45, 2.75) is 57.1 Å². The first-order valence-corrected chi connectivity index (χ1v) is 11.0. The van der Waals surface area contributed by atoms with E-state index in [-0.39, 0.29) is 17.1 Å². The highest BCUT2D eigenvalue weighted by molar-refractivity contribution is 7.89. The Balaban J connectivity index is 1.61. The lowest BCUT2D eigenvalue weighted by molar-refractivity contribution is 0.0456. The molecule has 2 heterocycles. The summed E-state index contributed by atoms with van der Waals surface area (Å²) in [6.45, 7) is 3.78. The van der Waals surface area contributed by atoms with Gasteiger partial charge in [0.05, 0.1) is 10.5 Å². The van der Waals surface area contributed by atoms with Crippen LogP contribution in [0, 0.1) is 0 Å². The standard InChI is InChI=1S/C18H25N5O4S/c1-2-3-13-23-17(19-20-21-23)14-27-18(24)15-7-9-16(10-8-15)28(25,26)22-11-5-4-6-12-22/h7-10H,2-6,11-14H2,1H3. The molecule has 0 bridgehead atoms. The molecule has 0 amide bonds. The maximum atomic E-state index is 12.7. The Morgan fingerprint density at radius 1 is 1.14 bits per heavy atom. The third-order valence-corrected chi connectivity index (χ3v) is 6.62. The van der Waals surface area contributed by atoms with Gasteiger partial charge in [0.2, 0.25) is 10.0 Å². The fraction of sp³-hybridized carbons (Fsp3) is 0.556. The van der Waals surface area contributed by atoms with E-state index in [1.165, 1.54) is 28.6 Å². The second-order valence-corrected chi connectivity index (χ2v) is 8.67. The zero-order chi connectivity index (χ0) is 20.0. The highest BCUT2D eigenvalue weighted by Crippen LogP contribution is 2.21. The van der Waals surface area contributed by atoms with Gasteiger partial charge in [-0.15, -0.1) is 5.10 Å². The van der Waals surface area contributed by atoms with Crippen LogP contribution in [0.4, 0.5) is 0 Å². The minimum atomic E-state index is -3.52. The van der Waals surface area contributed by atoms with Gasteiger partial charge < -0.3 is 4.74 Å². The van der Waals surface area contributed by atoms with Crippen LogP contribution in [0.15, 0.2) is 29.2 Å². The molecular formula is C18H25N5O4S. The Hall–Kier alpha value is -2.33. The summed E-state index contributed by atoms with van der Waals surface area (Å²) in [5.41, 5.74) is 0.283. The SMILES string of the molecule is CCCCn1nnnc1COC(=O)c1ccc(S(=O)(=O)N2CCCCC2)cc1. The molecule has 3 rings (SSSR count). The number of carbonyl (C=O) groups is 1. The van der Waals surface area contributed by atoms with Crippen molar-refractivity contribution >= 4 is 16.0 Å². The molecule has 0 unspecified atom stereocenters. The number of benzene rings is 1. The number of aromatic nitrogens is 4. The number of aryl methyl sites for hydroxylation is 1. The predicted octanol–water partition coefficient (Wildman–Crippen LogP) is 2.00. The van der Waals surface area contributed by atoms with Gasteiger partial charge in [-0.25, -0.2) is 17.9 Å². The first-order chi connectivity index (χ1) is 13.5. The zero-order valence-electron chi connectivity index (χ0n) is 16.0. The number of hydrogen-bond acceptors (Lipinski definition) is 7. The van der Waals surface area contributed by atoms with Crippen molar-refractivity contribution in [3.05, 3.63) is 35.7 Å². The Bertz CT molecular complexity index is 889. The number of sulfonamides is 1. The number of carbonyl (C=O) groups excluding carboxylic acids is 1. The molecule has 0 spiro atoms. The van der Waals surface area contributed by atoms with Crippen LogP contribution in [-0.4, -0.2) is 52.0 Å². The molecule has 0 radical (unpaired) electrons. The molecule has 10 heteroatoms. The summed E-state index contributed by atoms with van der Waals surface area (Å²) in [5.74, 6) is -0.0712. The third kappa shape index (κ3) is 4.74. The Labute approximate surface area is 164 Å². The molecule has 0 N–H and O–H groups in total. The van der Waals surface area contributed by atoms with Crippen molar-refractivity contribution in [3.63, 3.8) is 0 Å². The van der Waals surface area contributed by atoms with Gasteiger partial charge in [-0.05, 0) is 54.0 Å². The van der Waals surface area contributed by atoms with E-state index in [1.807, 2.05) is 0 Å². The lowest BCUT2D eigenvalue weighted by Crippen LogP contribution is -2.35. The fourth-order valence-electron chi connectivity index (χ4n) is 3.04. The third-order valence-electron chi connectivity index (χ3n) is 4.70. The first kappa shape index (κ1) is 20.4. The lowest BCUT2D eigenvalue weighted by atomic mass is 10.2. The summed E-state index contributed by atoms with van der Waals surface area (Å²) >= 11 is 0. The molecule has 1 aromatic carbocycles. The molecule has 1 saturated heterocycles. The number of unbranched alkanes of at least 4 members (excludes halogenated alkanes) is 1. The van der Waals surface area contributed by atoms with Crippen molar-refractivity contribution in [2.75, 3.05) is 13.1 Å². The van der Waals surface area contributed by atoms with Crippen LogP contribution in [0.3, 0.4) is 0 Å². The van der Waals surface area contributed by atoms with Crippen LogP contribution in [0.25, 0.3) is 0 Å². The summed E-state index contributed by atoms with van der Waals surface area (Å²) in [4.78, 5) is 12.5. The minimum Gasteiger partial charge on any atom is -0.454 e. The molecule has 1 aliphatic heterocycles. The number of piperidine rings is 1. The van der Waals surface area contributed by atoms with E-state index in [9.17, 15) is 13.2 Å². The number of esters is 1. The Morgan fingerprint density at radius 2 is 1.86 bits per heavy atom. The van der Waals surface area contributed by atoms with Crippen LogP contribution >= 0.6 is 0 Å². The van der Waals surface area contributed by atoms with Gasteiger partial charge in [0.1, 0.15) is 0 Å². The maximum Gasteiger partial charge on any atom is 0.338 e. The highest BCUT2D eigenvalue weighted by Gasteiger charge is 2.26. The van der Waals surface area contributed by atoms with Gasteiger partial charge in [0, 0.05) is 19.6 Å². The van der Waals surface area contributed by atoms with E-state index in [4.69, 9.17) is 4.74 Å². The Kier molecular flexibility index (Phi) is 6.74. The number of ether oxygens (including phenoxy) is 1. The summed E-state index contributed by atoms with van der Waals surface area (Å²) < 4.78 is 33.7. The van der Waals surface area contributed by atoms with Crippen LogP contribution in [0.1, 0.15) is 55.2 Å². The van der Waals surface area contributed by atoms with Crippen LogP contribution in [0.5, 0.6) is 0 Å². The van der Waals surface area contributed by atoms with Crippen molar-refractivity contribution < 1.29 is 17.9 Å². The zero-order valence-corrected chi connectivity index (χ0v) is 16.8. The number of hydrogen-bond donors (Lipinski definition) is 0. The summed E-state index contributed by atoms with van der Waals surface area (Å²) in [5, 5.41) is 11.4. The van der Waals surface area contributed by atoms with Crippen LogP contribution in [0.2, 0.25) is 0 Å². The van der Waals surface area contributed by atoms with Gasteiger partial charge in [0.15, 0.2) is 12.4 Å². The number of tetrazole rings is 1. The van der Waals surface area contributed by atoms with E-state index in [2.05, 4.69) is 22.4 Å². The smallest absolute Gasteiger partial charge is 0.338 e. The molecule has 0 aliphatic carbocycles. The molecule has 152 valence electrons. The van der Waals surface area contributed by atoms with Crippen molar-refractivity contribution in [2.24, 2.45) is 0 Å². The van der Waals surface area contributed by atoms with Crippen LogP contribution in [-0.2, 0) is 27.9 Å². The van der Waals surface area contributed by atoms with Crippen LogP contribution < -0.4 is 0 Å². The average molecular weight is 407 g/mol. The van der Waals surface area contributed by atoms with E-state index in [0.717, 1.165) is 32.1 Å². The molecule has 0 saturated carbocycles. The van der Waals surface area contributed by atoms with E-state index in [1.54, 1.807) is 4.68 Å². The molecule has 28 heavy (non-hydrogen) atoms. The molecule has 1 fully saturated rings. The number of nitrogens with zero attached hydrogens (tertiary/aromatic N) is 5. The van der Waals surface area contributed by atoms with E-state index in [0.29, 0.717) is 25.5 Å². The largest absolute Gasteiger partial charge is 0.454 e. The topological polar surface area (TPSA) is 107 Å². The Morgan fingerprint density at radius 3 is 2.54 bits per heavy atom. The minimum absolute atomic E-state index is 0.0383. The van der Waals surface area contributed by atoms with Gasteiger partial charge in [0.25, 0.3) is 0 Å². The van der Waals surface area contributed by atoms with Gasteiger partial charge in [-0.1, -0.05) is 19.8 Å². The van der Waals surface area contributed by atoms with E-state index >= 15 is 0 Å². The van der Waals surface area contributed by atoms with Gasteiger partial charge in [-0.3, -0.25) is 0 Å². The molecule has 9 nitrogen and oxygen atoms in total. The normalized spacial score (nSPS) is 15.5. The van der Waals surface area contributed by atoms with E-state index < -0.39 is 16.0 Å². The fourth-order valence-corrected chi connectivity index (χ4v) is 4.56. The quantitative estimate of drug-likeness (QED) is 0.616. The molecule has 1 aliphatic rings. The molecule has 0 atom stereocenters. The monoisotopic (exact) mass is 407 g/mol. The number of rotatable bonds is 8. The predicted molar refractivity (Wildman–Crippen MR) is 101 cm³/mol. The molecule has 2 aromatic rings.